The van der Waals surface area contributed by atoms with E-state index in [2.05, 4.69) is 145 Å². The molecular formula is C53H33N3O2. The Hall–Kier alpha value is -7.76. The molecule has 5 heteroatoms. The van der Waals surface area contributed by atoms with Gasteiger partial charge in [0.15, 0.2) is 5.84 Å². The number of hydrogen-bond donors (Lipinski definition) is 1. The van der Waals surface area contributed by atoms with Crippen LogP contribution in [0.4, 0.5) is 0 Å². The van der Waals surface area contributed by atoms with Crippen molar-refractivity contribution < 1.29 is 8.83 Å². The molecule has 0 bridgehead atoms. The molecule has 1 N–H and O–H groups in total. The first kappa shape index (κ1) is 32.5. The maximum Gasteiger partial charge on any atom is 0.159 e. The van der Waals surface area contributed by atoms with E-state index in [0.717, 1.165) is 99.4 Å². The molecule has 0 saturated carbocycles. The fraction of sp³-hybridized carbons (Fsp3) is 0.0189. The van der Waals surface area contributed by atoms with Crippen molar-refractivity contribution in [2.45, 2.75) is 6.17 Å². The highest BCUT2D eigenvalue weighted by molar-refractivity contribution is 6.23. The molecule has 1 aliphatic rings. The van der Waals surface area contributed by atoms with Crippen molar-refractivity contribution in [1.82, 2.24) is 5.32 Å². The van der Waals surface area contributed by atoms with Crippen LogP contribution >= 0.6 is 0 Å². The molecular weight excluding hydrogens is 711 g/mol. The number of nitrogens with one attached hydrogen (secondary N) is 1. The summed E-state index contributed by atoms with van der Waals surface area (Å²) in [6.07, 6.45) is -0.418. The van der Waals surface area contributed by atoms with Crippen LogP contribution in [-0.4, -0.2) is 11.7 Å². The van der Waals surface area contributed by atoms with Gasteiger partial charge in [-0.25, -0.2) is 9.98 Å². The minimum absolute atomic E-state index is 0.418. The highest BCUT2D eigenvalue weighted by Crippen LogP contribution is 2.45. The molecule has 0 radical (unpaired) electrons. The van der Waals surface area contributed by atoms with Crippen LogP contribution in [0, 0.1) is 0 Å². The predicted octanol–water partition coefficient (Wildman–Crippen LogP) is 13.6. The lowest BCUT2D eigenvalue weighted by Crippen LogP contribution is -2.33. The maximum absolute atomic E-state index is 6.79. The van der Waals surface area contributed by atoms with Crippen LogP contribution < -0.4 is 5.32 Å². The smallest absolute Gasteiger partial charge is 0.159 e. The molecule has 272 valence electrons. The van der Waals surface area contributed by atoms with Crippen LogP contribution in [0.2, 0.25) is 0 Å². The predicted molar refractivity (Wildman–Crippen MR) is 239 cm³/mol. The largest absolute Gasteiger partial charge is 0.456 e. The highest BCUT2D eigenvalue weighted by Gasteiger charge is 2.26. The fourth-order valence-electron chi connectivity index (χ4n) is 8.97. The van der Waals surface area contributed by atoms with Gasteiger partial charge in [-0.05, 0) is 62.5 Å². The van der Waals surface area contributed by atoms with Gasteiger partial charge in [0.2, 0.25) is 0 Å². The van der Waals surface area contributed by atoms with Crippen LogP contribution in [0.5, 0.6) is 0 Å². The summed E-state index contributed by atoms with van der Waals surface area (Å²) in [6, 6.07) is 65.6. The summed E-state index contributed by atoms with van der Waals surface area (Å²) in [6.45, 7) is 0. The Balaban J connectivity index is 1.05. The summed E-state index contributed by atoms with van der Waals surface area (Å²) in [7, 11) is 0. The second-order valence-corrected chi connectivity index (χ2v) is 14.8. The second kappa shape index (κ2) is 12.9. The summed E-state index contributed by atoms with van der Waals surface area (Å²) in [4.78, 5) is 10.5. The van der Waals surface area contributed by atoms with Crippen molar-refractivity contribution >= 4 is 77.1 Å². The van der Waals surface area contributed by atoms with Crippen molar-refractivity contribution in [3.8, 4) is 22.3 Å². The van der Waals surface area contributed by atoms with Gasteiger partial charge in [0.25, 0.3) is 0 Å². The lowest BCUT2D eigenvalue weighted by Gasteiger charge is -2.25. The zero-order valence-electron chi connectivity index (χ0n) is 31.2. The van der Waals surface area contributed by atoms with E-state index in [-0.39, 0.29) is 0 Å². The first-order valence-electron chi connectivity index (χ1n) is 19.6. The molecule has 0 aliphatic carbocycles. The Labute approximate surface area is 333 Å². The molecule has 12 rings (SSSR count). The van der Waals surface area contributed by atoms with Gasteiger partial charge in [-0.15, -0.1) is 0 Å². The molecule has 1 aliphatic heterocycles. The van der Waals surface area contributed by atoms with Crippen molar-refractivity contribution in [2.75, 3.05) is 0 Å². The number of furan rings is 2. The fourth-order valence-corrected chi connectivity index (χ4v) is 8.97. The molecule has 58 heavy (non-hydrogen) atoms. The minimum Gasteiger partial charge on any atom is -0.456 e. The molecule has 9 aromatic carbocycles. The van der Waals surface area contributed by atoms with Crippen molar-refractivity contribution in [3.05, 3.63) is 205 Å². The van der Waals surface area contributed by atoms with Crippen LogP contribution in [0.15, 0.2) is 207 Å². The standard InChI is InChI=1S/C53H33N3O2/c1-2-15-33(16-3-1)51-54-52(56-53(55-51)44-26-13-29-47-48(44)42-19-6-8-27-45(42)57-47)41-25-12-22-36-37(23-11-24-38(36)41)39-30-31-40(35-21-10-17-32-14-4-5-18-34(32)35)50-49(39)43-20-7-9-28-46(43)58-50/h1-31,52H,(H,54,55,56). The van der Waals surface area contributed by atoms with Crippen molar-refractivity contribution in [2.24, 2.45) is 9.98 Å². The Morgan fingerprint density at radius 3 is 1.84 bits per heavy atom. The molecule has 3 heterocycles. The van der Waals surface area contributed by atoms with Gasteiger partial charge in [0.1, 0.15) is 34.3 Å². The van der Waals surface area contributed by atoms with Crippen molar-refractivity contribution in [1.29, 1.82) is 0 Å². The normalized spacial score (nSPS) is 14.4. The van der Waals surface area contributed by atoms with Gasteiger partial charge >= 0.3 is 0 Å². The topological polar surface area (TPSA) is 63.0 Å². The Bertz CT molecular complexity index is 3500. The van der Waals surface area contributed by atoms with Crippen LogP contribution in [0.3, 0.4) is 0 Å². The average Bonchev–Trinajstić information content (AvgIpc) is 3.88. The summed E-state index contributed by atoms with van der Waals surface area (Å²) in [5.41, 5.74) is 10.9. The van der Waals surface area contributed by atoms with Gasteiger partial charge in [-0.2, -0.15) is 0 Å². The zero-order chi connectivity index (χ0) is 38.2. The van der Waals surface area contributed by atoms with Gasteiger partial charge in [-0.1, -0.05) is 164 Å². The van der Waals surface area contributed by atoms with E-state index in [1.807, 2.05) is 48.5 Å². The van der Waals surface area contributed by atoms with Gasteiger partial charge < -0.3 is 14.2 Å². The average molecular weight is 744 g/mol. The molecule has 2 aromatic heterocycles. The molecule has 1 unspecified atom stereocenters. The molecule has 0 fully saturated rings. The maximum atomic E-state index is 6.79. The van der Waals surface area contributed by atoms with Crippen molar-refractivity contribution in [3.63, 3.8) is 0 Å². The van der Waals surface area contributed by atoms with E-state index in [1.165, 1.54) is 10.8 Å². The number of hydrogen-bond acceptors (Lipinski definition) is 5. The first-order valence-corrected chi connectivity index (χ1v) is 19.6. The van der Waals surface area contributed by atoms with Crippen LogP contribution in [0.1, 0.15) is 22.9 Å². The summed E-state index contributed by atoms with van der Waals surface area (Å²) in [5, 5.41) is 12.7. The Kier molecular flexibility index (Phi) is 7.23. The molecule has 5 nitrogen and oxygen atoms in total. The van der Waals surface area contributed by atoms with E-state index in [4.69, 9.17) is 18.8 Å². The minimum atomic E-state index is -0.418. The summed E-state index contributed by atoms with van der Waals surface area (Å²) >= 11 is 0. The van der Waals surface area contributed by atoms with E-state index in [0.29, 0.717) is 5.84 Å². The lowest BCUT2D eigenvalue weighted by atomic mass is 9.89. The second-order valence-electron chi connectivity index (χ2n) is 14.8. The SMILES string of the molecule is c1ccc(C2=NC(c3cccc4c(-c5ccc(-c6cccc7ccccc67)c6oc7ccccc7c56)cccc34)NC(c3cccc4oc5ccccc5c34)=N2)cc1. The van der Waals surface area contributed by atoms with E-state index < -0.39 is 6.17 Å². The molecule has 0 saturated heterocycles. The number of para-hydroxylation sites is 2. The molecule has 1 atom stereocenters. The molecule has 0 amide bonds. The first-order chi connectivity index (χ1) is 28.8. The highest BCUT2D eigenvalue weighted by atomic mass is 16.3. The lowest BCUT2D eigenvalue weighted by molar-refractivity contribution is 0.668. The van der Waals surface area contributed by atoms with Crippen LogP contribution in [-0.2, 0) is 0 Å². The monoisotopic (exact) mass is 743 g/mol. The van der Waals surface area contributed by atoms with Gasteiger partial charge in [0.05, 0.1) is 0 Å². The number of amidine groups is 2. The summed E-state index contributed by atoms with van der Waals surface area (Å²) in [5.74, 6) is 1.42. The van der Waals surface area contributed by atoms with E-state index in [1.54, 1.807) is 0 Å². The third-order valence-corrected chi connectivity index (χ3v) is 11.6. The third-order valence-electron chi connectivity index (χ3n) is 11.6. The molecule has 0 spiro atoms. The zero-order valence-corrected chi connectivity index (χ0v) is 31.2. The van der Waals surface area contributed by atoms with Gasteiger partial charge in [0, 0.05) is 43.8 Å². The number of aliphatic imine (C=N–C) groups is 2. The van der Waals surface area contributed by atoms with E-state index >= 15 is 0 Å². The Morgan fingerprint density at radius 2 is 0.983 bits per heavy atom. The number of fused-ring (bicyclic) bond motifs is 8. The van der Waals surface area contributed by atoms with Crippen LogP contribution in [0.25, 0.3) is 87.7 Å². The quantitative estimate of drug-likeness (QED) is 0.191. The number of benzene rings is 9. The summed E-state index contributed by atoms with van der Waals surface area (Å²) < 4.78 is 13.1. The van der Waals surface area contributed by atoms with E-state index in [9.17, 15) is 0 Å². The third kappa shape index (κ3) is 5.03. The molecule has 11 aromatic rings. The number of rotatable bonds is 5. The Morgan fingerprint density at radius 1 is 0.397 bits per heavy atom. The van der Waals surface area contributed by atoms with Gasteiger partial charge in [-0.3, -0.25) is 0 Å². The number of nitrogens with zero attached hydrogens (tertiary/aromatic N) is 2.